The predicted molar refractivity (Wildman–Crippen MR) is 98.7 cm³/mol. The molecule has 5 N–H and O–H groups in total. The average Bonchev–Trinajstić information content (AvgIpc) is 2.61. The fourth-order valence-corrected chi connectivity index (χ4v) is 4.07. The lowest BCUT2D eigenvalue weighted by atomic mass is 10.0. The van der Waals surface area contributed by atoms with Gasteiger partial charge in [0.1, 0.15) is 35.7 Å². The first kappa shape index (κ1) is 22.3. The van der Waals surface area contributed by atoms with E-state index >= 15 is 0 Å². The highest BCUT2D eigenvalue weighted by atomic mass is 32.2. The van der Waals surface area contributed by atoms with Gasteiger partial charge in [-0.15, -0.1) is 0 Å². The highest BCUT2D eigenvalue weighted by Crippen LogP contribution is 2.34. The molecule has 0 aromatic heterocycles. The largest absolute Gasteiger partial charge is 0.616 e. The summed E-state index contributed by atoms with van der Waals surface area (Å²) in [5, 5.41) is 33.8. The molecule has 0 saturated carbocycles. The van der Waals surface area contributed by atoms with E-state index in [1.54, 1.807) is 0 Å². The quantitative estimate of drug-likeness (QED) is 0.288. The van der Waals surface area contributed by atoms with E-state index in [1.807, 2.05) is 0 Å². The summed E-state index contributed by atoms with van der Waals surface area (Å²) in [7, 11) is 0. The third-order valence-electron chi connectivity index (χ3n) is 4.20. The highest BCUT2D eigenvalue weighted by Gasteiger charge is 2.34. The van der Waals surface area contributed by atoms with Crippen LogP contribution in [0.5, 0.6) is 11.5 Å². The number of carbonyl (C=O) groups excluding carboxylic acids is 3. The standard InChI is InChI=1S/C17H20N2O9S/c1-7-12(21)3-13(22)9-5-29(27)6-11(16(24)25)19-15(23)10(18-8(2)20)4-28-17(26)14(7)9/h3,10-11,21-22H,4-6H2,1-2H3,(H,18,20)(H,19,23)(H,24,25)/t10-,11-,29?/m0/s1. The molecule has 1 aromatic carbocycles. The number of nitrogens with one attached hydrogen (secondary N) is 2. The topological polar surface area (TPSA) is 185 Å². The number of carboxylic acids is 1. The van der Waals surface area contributed by atoms with E-state index in [2.05, 4.69) is 10.6 Å². The van der Waals surface area contributed by atoms with Gasteiger partial charge in [-0.2, -0.15) is 0 Å². The molecular formula is C17H20N2O9S. The SMILES string of the molecule is CC(=O)N[C@H]1COC(=O)c2c(C)c(O)cc(O)c2C[S+]([O-])C[C@@H](C(=O)O)NC1=O. The van der Waals surface area contributed by atoms with E-state index in [-0.39, 0.29) is 16.7 Å². The summed E-state index contributed by atoms with van der Waals surface area (Å²) in [6, 6.07) is -1.97. The molecule has 3 atom stereocenters. The zero-order valence-electron chi connectivity index (χ0n) is 15.6. The number of hydrogen-bond donors (Lipinski definition) is 5. The molecule has 158 valence electrons. The van der Waals surface area contributed by atoms with Gasteiger partial charge < -0.3 is 35.2 Å². The van der Waals surface area contributed by atoms with Crippen molar-refractivity contribution in [3.63, 3.8) is 0 Å². The molecule has 1 aromatic rings. The number of phenolic OH excluding ortho intramolecular Hbond substituents is 2. The van der Waals surface area contributed by atoms with Gasteiger partial charge >= 0.3 is 11.9 Å². The van der Waals surface area contributed by atoms with Crippen LogP contribution < -0.4 is 10.6 Å². The maximum absolute atomic E-state index is 12.6. The van der Waals surface area contributed by atoms with E-state index < -0.39 is 76.6 Å². The summed E-state index contributed by atoms with van der Waals surface area (Å²) in [6.07, 6.45) is 0. The summed E-state index contributed by atoms with van der Waals surface area (Å²) in [6.45, 7) is 1.86. The number of cyclic esters (lactones) is 1. The van der Waals surface area contributed by atoms with Crippen molar-refractivity contribution in [3.8, 4) is 11.5 Å². The molecule has 2 rings (SSSR count). The average molecular weight is 428 g/mol. The van der Waals surface area contributed by atoms with Crippen LogP contribution in [-0.2, 0) is 36.0 Å². The van der Waals surface area contributed by atoms with E-state index in [0.29, 0.717) is 0 Å². The van der Waals surface area contributed by atoms with Crippen molar-refractivity contribution in [2.24, 2.45) is 0 Å². The second-order valence-corrected chi connectivity index (χ2v) is 7.90. The number of carbonyl (C=O) groups is 4. The molecule has 1 heterocycles. The van der Waals surface area contributed by atoms with Crippen molar-refractivity contribution in [2.45, 2.75) is 31.7 Å². The number of aliphatic carboxylic acids is 1. The van der Waals surface area contributed by atoms with Crippen molar-refractivity contribution in [1.29, 1.82) is 0 Å². The zero-order valence-corrected chi connectivity index (χ0v) is 16.4. The van der Waals surface area contributed by atoms with E-state index in [9.17, 15) is 39.1 Å². The Labute approximate surface area is 168 Å². The molecule has 0 spiro atoms. The third-order valence-corrected chi connectivity index (χ3v) is 5.51. The van der Waals surface area contributed by atoms with Crippen LogP contribution in [-0.4, -0.2) is 68.1 Å². The number of ether oxygens (including phenoxy) is 1. The molecule has 0 bridgehead atoms. The van der Waals surface area contributed by atoms with Crippen LogP contribution in [0.25, 0.3) is 0 Å². The van der Waals surface area contributed by atoms with Gasteiger partial charge in [-0.1, -0.05) is 0 Å². The lowest BCUT2D eigenvalue weighted by Crippen LogP contribution is -2.55. The first-order valence-corrected chi connectivity index (χ1v) is 9.86. The van der Waals surface area contributed by atoms with Gasteiger partial charge in [0.25, 0.3) is 0 Å². The molecule has 2 amide bonds. The molecule has 1 aliphatic rings. The van der Waals surface area contributed by atoms with Crippen molar-refractivity contribution >= 4 is 34.9 Å². The van der Waals surface area contributed by atoms with Crippen LogP contribution in [0.15, 0.2) is 6.07 Å². The first-order valence-electron chi connectivity index (χ1n) is 8.38. The number of phenols is 2. The Kier molecular flexibility index (Phi) is 6.93. The minimum atomic E-state index is -1.92. The van der Waals surface area contributed by atoms with E-state index in [0.717, 1.165) is 13.0 Å². The molecule has 0 aliphatic carbocycles. The lowest BCUT2D eigenvalue weighted by Gasteiger charge is -2.24. The highest BCUT2D eigenvalue weighted by molar-refractivity contribution is 7.90. The Bertz CT molecular complexity index is 858. The number of hydrogen-bond acceptors (Lipinski definition) is 8. The number of esters is 1. The van der Waals surface area contributed by atoms with Crippen LogP contribution in [0.4, 0.5) is 0 Å². The van der Waals surface area contributed by atoms with Gasteiger partial charge in [0, 0.05) is 18.6 Å². The third kappa shape index (κ3) is 5.29. The molecule has 1 unspecified atom stereocenters. The van der Waals surface area contributed by atoms with Gasteiger partial charge in [0.15, 0.2) is 6.04 Å². The molecule has 11 nitrogen and oxygen atoms in total. The summed E-state index contributed by atoms with van der Waals surface area (Å²) in [4.78, 5) is 47.7. The molecular weight excluding hydrogens is 408 g/mol. The Hall–Kier alpha value is -2.99. The molecule has 29 heavy (non-hydrogen) atoms. The monoisotopic (exact) mass is 428 g/mol. The summed E-state index contributed by atoms with van der Waals surface area (Å²) < 4.78 is 17.6. The van der Waals surface area contributed by atoms with Crippen molar-refractivity contribution in [2.75, 3.05) is 12.4 Å². The fraction of sp³-hybridized carbons (Fsp3) is 0.412. The van der Waals surface area contributed by atoms with Crippen LogP contribution in [0.2, 0.25) is 0 Å². The number of amides is 2. The van der Waals surface area contributed by atoms with Crippen LogP contribution in [0.1, 0.15) is 28.4 Å². The van der Waals surface area contributed by atoms with Gasteiger partial charge in [-0.05, 0) is 18.1 Å². The van der Waals surface area contributed by atoms with Crippen molar-refractivity contribution in [1.82, 2.24) is 10.6 Å². The number of carboxylic acid groups (broad SMARTS) is 1. The number of rotatable bonds is 2. The molecule has 12 heteroatoms. The molecule has 0 saturated heterocycles. The van der Waals surface area contributed by atoms with Gasteiger partial charge in [0.2, 0.25) is 11.8 Å². The summed E-state index contributed by atoms with van der Waals surface area (Å²) >= 11 is -1.92. The van der Waals surface area contributed by atoms with Crippen LogP contribution in [0, 0.1) is 6.92 Å². The number of benzene rings is 1. The van der Waals surface area contributed by atoms with Crippen molar-refractivity contribution in [3.05, 3.63) is 22.8 Å². The Morgan fingerprint density at radius 1 is 1.31 bits per heavy atom. The normalized spacial score (nSPS) is 22.9. The Morgan fingerprint density at radius 3 is 2.55 bits per heavy atom. The van der Waals surface area contributed by atoms with E-state index in [1.165, 1.54) is 6.92 Å². The van der Waals surface area contributed by atoms with Gasteiger partial charge in [-0.25, -0.2) is 9.59 Å². The van der Waals surface area contributed by atoms with E-state index in [4.69, 9.17) is 4.74 Å². The predicted octanol–water partition coefficient (Wildman–Crippen LogP) is -1.10. The second kappa shape index (κ2) is 9.01. The molecule has 0 fully saturated rings. The fourth-order valence-electron chi connectivity index (χ4n) is 2.74. The zero-order chi connectivity index (χ0) is 21.9. The number of aromatic hydroxyl groups is 2. The maximum Gasteiger partial charge on any atom is 0.339 e. The first-order chi connectivity index (χ1) is 13.5. The van der Waals surface area contributed by atoms with Gasteiger partial charge in [0.05, 0.1) is 11.1 Å². The second-order valence-electron chi connectivity index (χ2n) is 6.40. The van der Waals surface area contributed by atoms with Crippen molar-refractivity contribution < 1.29 is 43.8 Å². The smallest absolute Gasteiger partial charge is 0.339 e. The summed E-state index contributed by atoms with van der Waals surface area (Å²) in [5.41, 5.74) is -0.284. The van der Waals surface area contributed by atoms with Crippen LogP contribution >= 0.6 is 0 Å². The maximum atomic E-state index is 12.6. The minimum Gasteiger partial charge on any atom is -0.616 e. The Balaban J connectivity index is 2.53. The van der Waals surface area contributed by atoms with Gasteiger partial charge in [-0.3, -0.25) is 9.59 Å². The minimum absolute atomic E-state index is 0.0483. The molecule has 1 aliphatic heterocycles. The van der Waals surface area contributed by atoms with Crippen LogP contribution in [0.3, 0.4) is 0 Å². The molecule has 0 radical (unpaired) electrons. The Morgan fingerprint density at radius 2 is 1.97 bits per heavy atom. The lowest BCUT2D eigenvalue weighted by molar-refractivity contribution is -0.141. The summed E-state index contributed by atoms with van der Waals surface area (Å²) in [5.74, 6) is -5.87. The number of fused-ring (bicyclic) bond motifs is 1.